The summed E-state index contributed by atoms with van der Waals surface area (Å²) in [5.74, 6) is 0. The molecule has 36 heavy (non-hydrogen) atoms. The average molecular weight is 464 g/mol. The van der Waals surface area contributed by atoms with Crippen LogP contribution in [0.3, 0.4) is 0 Å². The Morgan fingerprint density at radius 2 is 0.972 bits per heavy atom. The van der Waals surface area contributed by atoms with Gasteiger partial charge in [0.2, 0.25) is 0 Å². The van der Waals surface area contributed by atoms with Crippen LogP contribution in [0.4, 0.5) is 0 Å². The van der Waals surface area contributed by atoms with Gasteiger partial charge in [-0.05, 0) is 99.3 Å². The summed E-state index contributed by atoms with van der Waals surface area (Å²) >= 11 is 0. The van der Waals surface area contributed by atoms with Crippen molar-refractivity contribution in [3.05, 3.63) is 140 Å². The molecular formula is C33H25N3. The number of nitrogens with zero attached hydrogens (tertiary/aromatic N) is 2. The van der Waals surface area contributed by atoms with Crippen molar-refractivity contribution >= 4 is 5.57 Å². The fourth-order valence-corrected chi connectivity index (χ4v) is 4.63. The maximum atomic E-state index is 4.35. The van der Waals surface area contributed by atoms with Gasteiger partial charge in [-0.1, -0.05) is 54.6 Å². The molecule has 0 saturated heterocycles. The molecule has 0 atom stereocenters. The summed E-state index contributed by atoms with van der Waals surface area (Å²) in [6.07, 6.45) is 13.7. The zero-order valence-electron chi connectivity index (χ0n) is 19.8. The predicted octanol–water partition coefficient (Wildman–Crippen LogP) is 7.64. The monoisotopic (exact) mass is 463 g/mol. The van der Waals surface area contributed by atoms with Crippen LogP contribution in [0.15, 0.2) is 134 Å². The minimum Gasteiger partial charge on any atom is -0.387 e. The summed E-state index contributed by atoms with van der Waals surface area (Å²) in [6, 6.07) is 32.4. The molecule has 2 aromatic heterocycles. The molecule has 3 heteroatoms. The van der Waals surface area contributed by atoms with E-state index in [2.05, 4.69) is 106 Å². The summed E-state index contributed by atoms with van der Waals surface area (Å²) in [6.45, 7) is 0.813. The molecule has 1 aliphatic rings. The van der Waals surface area contributed by atoms with Crippen LogP contribution >= 0.6 is 0 Å². The SMILES string of the molecule is C1=CNCC(c2cc(-c3cccnc3)cc(-c3cccc(-c4cccc(-c5cccnc5)c4)c3)c2)=C1. The minimum absolute atomic E-state index is 0.813. The van der Waals surface area contributed by atoms with E-state index < -0.39 is 0 Å². The standard InChI is InChI=1S/C33H25N3/c1-6-24(16-26(8-1)28-10-3-13-34-21-28)25-7-2-9-27(17-25)31-18-32(29-11-4-14-35-22-29)20-33(19-31)30-12-5-15-36-23-30/h1-22,36H,23H2. The predicted molar refractivity (Wildman–Crippen MR) is 149 cm³/mol. The van der Waals surface area contributed by atoms with E-state index in [0.717, 1.165) is 28.8 Å². The fourth-order valence-electron chi connectivity index (χ4n) is 4.63. The Labute approximate surface area is 211 Å². The summed E-state index contributed by atoms with van der Waals surface area (Å²) in [4.78, 5) is 8.63. The van der Waals surface area contributed by atoms with Crippen molar-refractivity contribution < 1.29 is 0 Å². The van der Waals surface area contributed by atoms with Crippen LogP contribution in [-0.4, -0.2) is 16.5 Å². The van der Waals surface area contributed by atoms with Crippen molar-refractivity contribution in [3.8, 4) is 44.5 Å². The van der Waals surface area contributed by atoms with E-state index in [9.17, 15) is 0 Å². The van der Waals surface area contributed by atoms with Crippen LogP contribution in [0.5, 0.6) is 0 Å². The van der Waals surface area contributed by atoms with E-state index in [0.29, 0.717) is 0 Å². The summed E-state index contributed by atoms with van der Waals surface area (Å²) < 4.78 is 0. The molecule has 6 rings (SSSR count). The highest BCUT2D eigenvalue weighted by Crippen LogP contribution is 2.34. The van der Waals surface area contributed by atoms with E-state index in [-0.39, 0.29) is 0 Å². The van der Waals surface area contributed by atoms with E-state index in [1.54, 1.807) is 6.20 Å². The third kappa shape index (κ3) is 4.59. The van der Waals surface area contributed by atoms with Gasteiger partial charge in [0.05, 0.1) is 0 Å². The van der Waals surface area contributed by atoms with E-state index in [1.807, 2.05) is 36.9 Å². The van der Waals surface area contributed by atoms with Crippen LogP contribution in [0.25, 0.3) is 50.1 Å². The maximum absolute atomic E-state index is 4.35. The number of hydrogen-bond acceptors (Lipinski definition) is 3. The fraction of sp³-hybridized carbons (Fsp3) is 0.0303. The number of aromatic nitrogens is 2. The molecule has 0 radical (unpaired) electrons. The quantitative estimate of drug-likeness (QED) is 0.291. The number of allylic oxidation sites excluding steroid dienone is 2. The Balaban J connectivity index is 1.44. The molecule has 1 aliphatic heterocycles. The van der Waals surface area contributed by atoms with Crippen molar-refractivity contribution in [2.24, 2.45) is 0 Å². The van der Waals surface area contributed by atoms with Crippen LogP contribution in [0.2, 0.25) is 0 Å². The highest BCUT2D eigenvalue weighted by molar-refractivity contribution is 5.83. The van der Waals surface area contributed by atoms with Gasteiger partial charge in [-0.2, -0.15) is 0 Å². The molecule has 0 spiro atoms. The Kier molecular flexibility index (Phi) is 5.95. The second-order valence-electron chi connectivity index (χ2n) is 8.88. The Morgan fingerprint density at radius 1 is 0.500 bits per heavy atom. The third-order valence-corrected chi connectivity index (χ3v) is 6.49. The van der Waals surface area contributed by atoms with Crippen LogP contribution in [-0.2, 0) is 0 Å². The highest BCUT2D eigenvalue weighted by atomic mass is 14.8. The number of rotatable bonds is 5. The summed E-state index contributed by atoms with van der Waals surface area (Å²) in [5, 5.41) is 3.34. The lowest BCUT2D eigenvalue weighted by Gasteiger charge is -2.15. The van der Waals surface area contributed by atoms with Gasteiger partial charge >= 0.3 is 0 Å². The summed E-state index contributed by atoms with van der Waals surface area (Å²) in [5.41, 5.74) is 11.8. The Bertz CT molecular complexity index is 1570. The lowest BCUT2D eigenvalue weighted by Crippen LogP contribution is -2.11. The van der Waals surface area contributed by atoms with Crippen molar-refractivity contribution in [1.29, 1.82) is 0 Å². The molecular weight excluding hydrogens is 438 g/mol. The van der Waals surface area contributed by atoms with Crippen molar-refractivity contribution in [2.45, 2.75) is 0 Å². The van der Waals surface area contributed by atoms with Crippen LogP contribution < -0.4 is 5.32 Å². The first-order chi connectivity index (χ1) is 17.8. The first-order valence-corrected chi connectivity index (χ1v) is 12.1. The van der Waals surface area contributed by atoms with Gasteiger partial charge in [0.1, 0.15) is 0 Å². The van der Waals surface area contributed by atoms with Crippen molar-refractivity contribution in [1.82, 2.24) is 15.3 Å². The highest BCUT2D eigenvalue weighted by Gasteiger charge is 2.11. The van der Waals surface area contributed by atoms with Crippen LogP contribution in [0.1, 0.15) is 5.56 Å². The Morgan fingerprint density at radius 3 is 1.53 bits per heavy atom. The molecule has 5 aromatic rings. The number of benzene rings is 3. The number of nitrogens with one attached hydrogen (secondary N) is 1. The van der Waals surface area contributed by atoms with Crippen LogP contribution in [0, 0.1) is 0 Å². The molecule has 0 fully saturated rings. The third-order valence-electron chi connectivity index (χ3n) is 6.49. The van der Waals surface area contributed by atoms with Gasteiger partial charge in [-0.25, -0.2) is 0 Å². The number of dihydropyridines is 1. The first kappa shape index (κ1) is 21.8. The van der Waals surface area contributed by atoms with Gasteiger partial charge in [-0.15, -0.1) is 0 Å². The minimum atomic E-state index is 0.813. The largest absolute Gasteiger partial charge is 0.387 e. The molecule has 0 bridgehead atoms. The smallest absolute Gasteiger partial charge is 0.0401 e. The molecule has 0 amide bonds. The van der Waals surface area contributed by atoms with Gasteiger partial charge in [-0.3, -0.25) is 9.97 Å². The molecule has 172 valence electrons. The normalized spacial score (nSPS) is 12.6. The number of pyridine rings is 2. The molecule has 3 nitrogen and oxygen atoms in total. The van der Waals surface area contributed by atoms with E-state index in [4.69, 9.17) is 0 Å². The topological polar surface area (TPSA) is 37.8 Å². The molecule has 0 saturated carbocycles. The molecule has 1 N–H and O–H groups in total. The van der Waals surface area contributed by atoms with Gasteiger partial charge < -0.3 is 5.32 Å². The molecule has 0 aliphatic carbocycles. The summed E-state index contributed by atoms with van der Waals surface area (Å²) in [7, 11) is 0. The lowest BCUT2D eigenvalue weighted by molar-refractivity contribution is 0.986. The molecule has 0 unspecified atom stereocenters. The zero-order chi connectivity index (χ0) is 24.2. The van der Waals surface area contributed by atoms with Gasteiger partial charge in [0, 0.05) is 42.5 Å². The van der Waals surface area contributed by atoms with Gasteiger partial charge in [0.15, 0.2) is 0 Å². The average Bonchev–Trinajstić information content (AvgIpc) is 2.98. The zero-order valence-corrected chi connectivity index (χ0v) is 19.8. The number of hydrogen-bond donors (Lipinski definition) is 1. The van der Waals surface area contributed by atoms with Crippen molar-refractivity contribution in [2.75, 3.05) is 6.54 Å². The van der Waals surface area contributed by atoms with Gasteiger partial charge in [0.25, 0.3) is 0 Å². The molecule has 3 aromatic carbocycles. The lowest BCUT2D eigenvalue weighted by atomic mass is 9.91. The maximum Gasteiger partial charge on any atom is 0.0401 e. The Hall–Kier alpha value is -4.76. The second-order valence-corrected chi connectivity index (χ2v) is 8.88. The van der Waals surface area contributed by atoms with E-state index in [1.165, 1.54) is 33.4 Å². The first-order valence-electron chi connectivity index (χ1n) is 12.1. The van der Waals surface area contributed by atoms with E-state index >= 15 is 0 Å². The van der Waals surface area contributed by atoms with Crippen molar-refractivity contribution in [3.63, 3.8) is 0 Å². The molecule has 3 heterocycles. The second kappa shape index (κ2) is 9.85.